The summed E-state index contributed by atoms with van der Waals surface area (Å²) in [4.78, 5) is -0.0720. The van der Waals surface area contributed by atoms with Crippen molar-refractivity contribution in [2.45, 2.75) is 9.79 Å². The zero-order chi connectivity index (χ0) is 39.7. The molecule has 4 rings (SSSR count). The molecule has 5 N–H and O–H groups in total. The Balaban J connectivity index is -0.00000179. The molecule has 0 saturated heterocycles. The smallest absolute Gasteiger partial charge is 0.726 e. The van der Waals surface area contributed by atoms with Gasteiger partial charge in [0, 0.05) is 41.2 Å². The number of phenolic OH excluding ortho intramolecular Hbond substituents is 2. The van der Waals surface area contributed by atoms with Crippen LogP contribution in [0.2, 0.25) is 0 Å². The Hall–Kier alpha value is -1.30. The SMILES string of the molecule is O=S(=O)([O-])O.O=S(=O)([O-])O.[CH2-]CS(=O)(=O)c1ccc(O)c(N=Nc2[c-]cc3c(N=Nc4cc(S(=O)(=O)C[CH2-])ccc4OC)c(NC)ccc3c2O)c1.[Cu].[Na+].[Na+].[Na+]. The molecule has 28 heteroatoms. The van der Waals surface area contributed by atoms with Crippen molar-refractivity contribution in [1.29, 1.82) is 0 Å². The minimum absolute atomic E-state index is 0. The quantitative estimate of drug-likeness (QED) is 0.0327. The van der Waals surface area contributed by atoms with Crippen LogP contribution in [0.5, 0.6) is 17.2 Å². The van der Waals surface area contributed by atoms with Crippen LogP contribution < -0.4 is 98.7 Å². The number of nitrogens with one attached hydrogen (secondary N) is 1. The zero-order valence-corrected chi connectivity index (χ0v) is 40.2. The number of sulfone groups is 2. The molecular weight excluding hydrogens is 907 g/mol. The molecule has 0 bridgehead atoms. The van der Waals surface area contributed by atoms with Gasteiger partial charge >= 0.3 is 88.7 Å². The Bertz CT molecular complexity index is 2410. The first kappa shape index (κ1) is 59.0. The monoisotopic (exact) mass is 934 g/mol. The summed E-state index contributed by atoms with van der Waals surface area (Å²) in [5.41, 5.74) is 0.797. The molecule has 1 radical (unpaired) electrons. The predicted molar refractivity (Wildman–Crippen MR) is 183 cm³/mol. The van der Waals surface area contributed by atoms with Crippen LogP contribution in [-0.2, 0) is 57.5 Å². The third-order valence-electron chi connectivity index (χ3n) is 6.19. The second kappa shape index (κ2) is 25.4. The molecule has 56 heavy (non-hydrogen) atoms. The number of benzene rings is 4. The number of hydrogen-bond acceptors (Lipinski definition) is 18. The molecule has 20 nitrogen and oxygen atoms in total. The maximum Gasteiger partial charge on any atom is 1.00 e. The summed E-state index contributed by atoms with van der Waals surface area (Å²) in [6.07, 6.45) is 0. The van der Waals surface area contributed by atoms with Crippen molar-refractivity contribution in [1.82, 2.24) is 0 Å². The van der Waals surface area contributed by atoms with E-state index in [-0.39, 0.29) is 156 Å². The van der Waals surface area contributed by atoms with Crippen molar-refractivity contribution in [3.05, 3.63) is 74.5 Å². The number of ether oxygens (including phenoxy) is 1. The Morgan fingerprint density at radius 2 is 1.20 bits per heavy atom. The molecule has 0 unspecified atom stereocenters. The van der Waals surface area contributed by atoms with Crippen molar-refractivity contribution < 1.29 is 173 Å². The van der Waals surface area contributed by atoms with E-state index in [0.717, 1.165) is 6.07 Å². The summed E-state index contributed by atoms with van der Waals surface area (Å²) in [5, 5.41) is 41.3. The average molecular weight is 935 g/mol. The molecule has 4 aromatic rings. The molecule has 4 aromatic carbocycles. The van der Waals surface area contributed by atoms with Gasteiger partial charge in [-0.05, 0) is 42.5 Å². The zero-order valence-electron chi connectivity index (χ0n) is 30.0. The van der Waals surface area contributed by atoms with Gasteiger partial charge in [0.15, 0.2) is 19.7 Å². The molecule has 0 aliphatic heterocycles. The molecule has 0 aliphatic carbocycles. The van der Waals surface area contributed by atoms with E-state index in [1.165, 1.54) is 43.5 Å². The van der Waals surface area contributed by atoms with E-state index in [2.05, 4.69) is 45.7 Å². The third-order valence-corrected chi connectivity index (χ3v) is 9.21. The molecule has 0 saturated carbocycles. The average Bonchev–Trinajstić information content (AvgIpc) is 3.05. The number of azo groups is 2. The summed E-state index contributed by atoms with van der Waals surface area (Å²) in [6.45, 7) is 6.86. The van der Waals surface area contributed by atoms with Crippen LogP contribution in [0.1, 0.15) is 0 Å². The van der Waals surface area contributed by atoms with Gasteiger partial charge in [0.05, 0.1) is 22.6 Å². The fourth-order valence-electron chi connectivity index (χ4n) is 3.84. The number of methoxy groups -OCH3 is 1. The largest absolute Gasteiger partial charge is 1.00 e. The van der Waals surface area contributed by atoms with Gasteiger partial charge in [-0.25, -0.2) is 33.7 Å². The number of phenols is 2. The summed E-state index contributed by atoms with van der Waals surface area (Å²) in [5.74, 6) is -1.04. The summed E-state index contributed by atoms with van der Waals surface area (Å²) < 4.78 is 120. The first-order chi connectivity index (χ1) is 23.9. The van der Waals surface area contributed by atoms with Gasteiger partial charge in [0.25, 0.3) is 0 Å². The van der Waals surface area contributed by atoms with Crippen LogP contribution in [0, 0.1) is 19.9 Å². The first-order valence-electron chi connectivity index (χ1n) is 13.6. The normalized spacial score (nSPS) is 11.4. The topological polar surface area (TPSA) is 334 Å². The van der Waals surface area contributed by atoms with E-state index in [9.17, 15) is 27.0 Å². The van der Waals surface area contributed by atoms with Gasteiger partial charge in [0.2, 0.25) is 20.8 Å². The van der Waals surface area contributed by atoms with Crippen LogP contribution in [0.25, 0.3) is 10.8 Å². The number of fused-ring (bicyclic) bond motifs is 1. The van der Waals surface area contributed by atoms with Gasteiger partial charge < -0.3 is 43.2 Å². The minimum Gasteiger partial charge on any atom is -0.726 e. The second-order valence-electron chi connectivity index (χ2n) is 9.54. The molecule has 0 heterocycles. The van der Waals surface area contributed by atoms with Gasteiger partial charge in [0.1, 0.15) is 22.9 Å². The second-order valence-corrected chi connectivity index (χ2v) is 15.5. The number of rotatable bonds is 10. The third kappa shape index (κ3) is 18.7. The number of anilines is 1. The maximum absolute atomic E-state index is 12.3. The van der Waals surface area contributed by atoms with E-state index < -0.39 is 40.5 Å². The number of nitrogens with zero attached hydrogens (tertiary/aromatic N) is 4. The molecule has 0 atom stereocenters. The fourth-order valence-corrected chi connectivity index (χ4v) is 5.45. The van der Waals surface area contributed by atoms with Crippen LogP contribution in [0.15, 0.2) is 84.8 Å². The van der Waals surface area contributed by atoms with Crippen LogP contribution in [0.4, 0.5) is 28.4 Å². The minimum atomic E-state index is -4.92. The van der Waals surface area contributed by atoms with Crippen molar-refractivity contribution in [2.75, 3.05) is 31.0 Å². The van der Waals surface area contributed by atoms with E-state index in [1.807, 2.05) is 0 Å². The van der Waals surface area contributed by atoms with Crippen molar-refractivity contribution >= 4 is 79.7 Å². The molecule has 0 aromatic heterocycles. The molecule has 0 aliphatic rings. The van der Waals surface area contributed by atoms with E-state index in [4.69, 9.17) is 39.8 Å². The maximum atomic E-state index is 12.3. The van der Waals surface area contributed by atoms with Crippen molar-refractivity contribution in [3.8, 4) is 17.2 Å². The molecule has 295 valence electrons. The van der Waals surface area contributed by atoms with E-state index in [1.54, 1.807) is 19.2 Å². The molecule has 0 amide bonds. The Morgan fingerprint density at radius 3 is 1.66 bits per heavy atom. The van der Waals surface area contributed by atoms with Crippen molar-refractivity contribution in [2.24, 2.45) is 20.5 Å². The first-order valence-corrected chi connectivity index (χ1v) is 19.6. The van der Waals surface area contributed by atoms with E-state index >= 15 is 0 Å². The summed E-state index contributed by atoms with van der Waals surface area (Å²) in [7, 11) is -14.0. The van der Waals surface area contributed by atoms with E-state index in [0.29, 0.717) is 27.9 Å². The number of aromatic hydroxyl groups is 2. The van der Waals surface area contributed by atoms with Gasteiger partial charge in [-0.1, -0.05) is 28.3 Å². The summed E-state index contributed by atoms with van der Waals surface area (Å²) >= 11 is 0. The number of hydrogen-bond donors (Lipinski definition) is 5. The van der Waals surface area contributed by atoms with Crippen LogP contribution >= 0.6 is 0 Å². The predicted octanol–water partition coefficient (Wildman–Crippen LogP) is -4.83. The van der Waals surface area contributed by atoms with Gasteiger partial charge in [-0.2, -0.15) is 22.4 Å². The Labute approximate surface area is 400 Å². The molecular formula is C28H28CuN5Na3O15S4-2. The fraction of sp³-hybridized carbons (Fsp3) is 0.143. The van der Waals surface area contributed by atoms with Gasteiger partial charge in [-0.15, -0.1) is 10.2 Å². The van der Waals surface area contributed by atoms with Crippen LogP contribution in [0.3, 0.4) is 0 Å². The van der Waals surface area contributed by atoms with Crippen molar-refractivity contribution in [3.63, 3.8) is 0 Å². The van der Waals surface area contributed by atoms with Crippen LogP contribution in [-0.4, -0.2) is 87.8 Å². The van der Waals surface area contributed by atoms with Gasteiger partial charge in [-0.3, -0.25) is 9.11 Å². The summed E-state index contributed by atoms with van der Waals surface area (Å²) in [6, 6.07) is 15.3. The Kier molecular flexibility index (Phi) is 26.7. The molecule has 0 fully saturated rings. The molecule has 0 spiro atoms. The Morgan fingerprint density at radius 1 is 0.732 bits per heavy atom. The standard InChI is InChI=1S/C28H26N5O7S2.Cu.3Na.2H2O4S/c1-5-41(36,37)17-7-13-25(34)23(15-17)31-30-22-12-9-19-20(28(22)35)10-11-21(29-3)27(19)33-32-24-16-18(42(38,39)6-2)8-14-26(24)40-4;;;;;2*1-5(2,3)4/h7-11,13-16,29,34-35H,1-2,5-6H2,3-4H3;;;;;2*(H2,1,2,3,4)/q-3;;3*+1;;/p-2.